The van der Waals surface area contributed by atoms with Crippen LogP contribution < -0.4 is 0 Å². The summed E-state index contributed by atoms with van der Waals surface area (Å²) in [4.78, 5) is 0. The molecule has 0 bridgehead atoms. The molecule has 0 heterocycles. The van der Waals surface area contributed by atoms with E-state index in [0.29, 0.717) is 16.9 Å². The topological polar surface area (TPSA) is 9.23 Å². The fraction of sp³-hybridized carbons (Fsp3) is 1.00. The molecule has 3 unspecified atom stereocenters. The smallest absolute Gasteiger partial charge is 0.0734 e. The Balaban J connectivity index is 1.70. The zero-order chi connectivity index (χ0) is 13.7. The van der Waals surface area contributed by atoms with Crippen LogP contribution >= 0.6 is 0 Å². The van der Waals surface area contributed by atoms with E-state index in [0.717, 1.165) is 5.92 Å². The van der Waals surface area contributed by atoms with Crippen molar-refractivity contribution in [3.63, 3.8) is 0 Å². The molecule has 0 aromatic rings. The van der Waals surface area contributed by atoms with E-state index in [1.165, 1.54) is 57.8 Å². The van der Waals surface area contributed by atoms with Gasteiger partial charge in [0.25, 0.3) is 0 Å². The molecule has 0 aromatic carbocycles. The number of hydrogen-bond donors (Lipinski definition) is 0. The lowest BCUT2D eigenvalue weighted by molar-refractivity contribution is -0.163. The quantitative estimate of drug-likeness (QED) is 0.669. The van der Waals surface area contributed by atoms with E-state index in [4.69, 9.17) is 4.74 Å². The summed E-state index contributed by atoms with van der Waals surface area (Å²) in [7, 11) is 0. The van der Waals surface area contributed by atoms with Gasteiger partial charge >= 0.3 is 0 Å². The zero-order valence-electron chi connectivity index (χ0n) is 13.4. The molecule has 0 saturated heterocycles. The molecular weight excluding hydrogens is 232 g/mol. The first kappa shape index (κ1) is 13.9. The maximum absolute atomic E-state index is 6.84. The summed E-state index contributed by atoms with van der Waals surface area (Å²) in [6.45, 7) is 9.55. The minimum atomic E-state index is 0.174. The van der Waals surface area contributed by atoms with E-state index >= 15 is 0 Å². The average molecular weight is 264 g/mol. The summed E-state index contributed by atoms with van der Waals surface area (Å²) in [5.74, 6) is 0.970. The van der Waals surface area contributed by atoms with E-state index < -0.39 is 0 Å². The lowest BCUT2D eigenvalue weighted by Crippen LogP contribution is -2.48. The van der Waals surface area contributed by atoms with E-state index in [1.54, 1.807) is 0 Å². The highest BCUT2D eigenvalue weighted by molar-refractivity contribution is 5.15. The van der Waals surface area contributed by atoms with E-state index in [1.807, 2.05) is 0 Å². The monoisotopic (exact) mass is 264 g/mol. The van der Waals surface area contributed by atoms with Gasteiger partial charge < -0.3 is 4.74 Å². The second kappa shape index (κ2) is 4.48. The third kappa shape index (κ3) is 2.07. The minimum absolute atomic E-state index is 0.174. The molecule has 3 atom stereocenters. The number of rotatable bonds is 3. The first-order valence-electron chi connectivity index (χ1n) is 8.61. The molecule has 0 N–H and O–H groups in total. The first-order valence-corrected chi connectivity index (χ1v) is 8.61. The Hall–Kier alpha value is -0.0400. The third-order valence-corrected chi connectivity index (χ3v) is 6.71. The highest BCUT2D eigenvalue weighted by Crippen LogP contribution is 2.68. The van der Waals surface area contributed by atoms with Gasteiger partial charge in [0.1, 0.15) is 0 Å². The van der Waals surface area contributed by atoms with Crippen LogP contribution in [0, 0.1) is 16.7 Å². The Labute approximate surface area is 119 Å². The maximum Gasteiger partial charge on any atom is 0.0734 e. The molecule has 3 aliphatic rings. The van der Waals surface area contributed by atoms with Gasteiger partial charge in [-0.05, 0) is 43.4 Å². The first-order chi connectivity index (χ1) is 8.94. The molecule has 3 rings (SSSR count). The molecule has 0 aliphatic heterocycles. The normalized spacial score (nSPS) is 41.1. The fourth-order valence-corrected chi connectivity index (χ4v) is 4.91. The second-order valence-electron chi connectivity index (χ2n) is 8.49. The standard InChI is InChI=1S/C18H32O/c1-5-14-9-12-17(14)13-15(17)19-18(16(2,3)4)10-7-6-8-11-18/h14-15H,5-13H2,1-4H3. The van der Waals surface area contributed by atoms with Gasteiger partial charge in [-0.1, -0.05) is 53.4 Å². The summed E-state index contributed by atoms with van der Waals surface area (Å²) in [6.07, 6.45) is 13.0. The van der Waals surface area contributed by atoms with Crippen molar-refractivity contribution in [2.45, 2.75) is 97.2 Å². The van der Waals surface area contributed by atoms with Crippen molar-refractivity contribution in [1.29, 1.82) is 0 Å². The van der Waals surface area contributed by atoms with Crippen molar-refractivity contribution in [2.75, 3.05) is 0 Å². The van der Waals surface area contributed by atoms with Crippen LogP contribution in [0.25, 0.3) is 0 Å². The molecular formula is C18H32O. The highest BCUT2D eigenvalue weighted by atomic mass is 16.5. The highest BCUT2D eigenvalue weighted by Gasteiger charge is 2.66. The predicted octanol–water partition coefficient (Wildman–Crippen LogP) is 5.33. The predicted molar refractivity (Wildman–Crippen MR) is 80.2 cm³/mol. The Morgan fingerprint density at radius 2 is 1.74 bits per heavy atom. The second-order valence-corrected chi connectivity index (χ2v) is 8.49. The Morgan fingerprint density at radius 3 is 2.21 bits per heavy atom. The molecule has 3 fully saturated rings. The molecule has 0 aromatic heterocycles. The Bertz CT molecular complexity index is 332. The van der Waals surface area contributed by atoms with Crippen molar-refractivity contribution < 1.29 is 4.74 Å². The van der Waals surface area contributed by atoms with Gasteiger partial charge in [-0.15, -0.1) is 0 Å². The lowest BCUT2D eigenvalue weighted by atomic mass is 9.67. The average Bonchev–Trinajstić information content (AvgIpc) is 3.05. The van der Waals surface area contributed by atoms with Gasteiger partial charge in [-0.2, -0.15) is 0 Å². The summed E-state index contributed by atoms with van der Waals surface area (Å²) in [5, 5.41) is 0. The van der Waals surface area contributed by atoms with Crippen molar-refractivity contribution in [1.82, 2.24) is 0 Å². The summed E-state index contributed by atoms with van der Waals surface area (Å²) < 4.78 is 6.84. The van der Waals surface area contributed by atoms with Crippen LogP contribution in [0.5, 0.6) is 0 Å². The third-order valence-electron chi connectivity index (χ3n) is 6.71. The number of hydrogen-bond acceptors (Lipinski definition) is 1. The van der Waals surface area contributed by atoms with Gasteiger partial charge in [0.05, 0.1) is 11.7 Å². The lowest BCUT2D eigenvalue weighted by Gasteiger charge is -2.49. The van der Waals surface area contributed by atoms with Crippen LogP contribution in [-0.4, -0.2) is 11.7 Å². The summed E-state index contributed by atoms with van der Waals surface area (Å²) in [6, 6.07) is 0. The van der Waals surface area contributed by atoms with Crippen molar-refractivity contribution in [3.05, 3.63) is 0 Å². The van der Waals surface area contributed by atoms with Gasteiger partial charge in [-0.3, -0.25) is 0 Å². The van der Waals surface area contributed by atoms with Crippen LogP contribution in [-0.2, 0) is 4.74 Å². The van der Waals surface area contributed by atoms with Crippen LogP contribution in [0.4, 0.5) is 0 Å². The molecule has 1 nitrogen and oxygen atoms in total. The maximum atomic E-state index is 6.84. The van der Waals surface area contributed by atoms with Crippen molar-refractivity contribution >= 4 is 0 Å². The van der Waals surface area contributed by atoms with Gasteiger partial charge in [0, 0.05) is 5.41 Å². The van der Waals surface area contributed by atoms with E-state index in [-0.39, 0.29) is 5.60 Å². The van der Waals surface area contributed by atoms with Crippen molar-refractivity contribution in [2.24, 2.45) is 16.7 Å². The number of ether oxygens (including phenoxy) is 1. The summed E-state index contributed by atoms with van der Waals surface area (Å²) >= 11 is 0. The molecule has 1 spiro atoms. The van der Waals surface area contributed by atoms with Crippen LogP contribution in [0.15, 0.2) is 0 Å². The van der Waals surface area contributed by atoms with E-state index in [9.17, 15) is 0 Å². The molecule has 1 heteroatoms. The zero-order valence-corrected chi connectivity index (χ0v) is 13.4. The van der Waals surface area contributed by atoms with Gasteiger partial charge in [0.2, 0.25) is 0 Å². The minimum Gasteiger partial charge on any atom is -0.371 e. The molecule has 0 amide bonds. The Kier molecular flexibility index (Phi) is 3.28. The van der Waals surface area contributed by atoms with Crippen molar-refractivity contribution in [3.8, 4) is 0 Å². The van der Waals surface area contributed by atoms with Crippen LogP contribution in [0.1, 0.15) is 85.5 Å². The summed E-state index contributed by atoms with van der Waals surface area (Å²) in [5.41, 5.74) is 1.10. The van der Waals surface area contributed by atoms with Gasteiger partial charge in [0.15, 0.2) is 0 Å². The van der Waals surface area contributed by atoms with Crippen LogP contribution in [0.3, 0.4) is 0 Å². The molecule has 0 radical (unpaired) electrons. The molecule has 3 saturated carbocycles. The van der Waals surface area contributed by atoms with Crippen LogP contribution in [0.2, 0.25) is 0 Å². The molecule has 110 valence electrons. The largest absolute Gasteiger partial charge is 0.371 e. The molecule has 19 heavy (non-hydrogen) atoms. The Morgan fingerprint density at radius 1 is 1.05 bits per heavy atom. The molecule has 3 aliphatic carbocycles. The van der Waals surface area contributed by atoms with E-state index in [2.05, 4.69) is 27.7 Å². The SMILES string of the molecule is CCC1CCC12CC2OC1(C(C)(C)C)CCCCC1. The fourth-order valence-electron chi connectivity index (χ4n) is 4.91. The van der Waals surface area contributed by atoms with Gasteiger partial charge in [-0.25, -0.2) is 0 Å².